The van der Waals surface area contributed by atoms with Crippen LogP contribution in [0.25, 0.3) is 21.8 Å². The summed E-state index contributed by atoms with van der Waals surface area (Å²) in [6, 6.07) is 15.3. The van der Waals surface area contributed by atoms with Gasteiger partial charge in [-0.15, -0.1) is 0 Å². The van der Waals surface area contributed by atoms with Crippen molar-refractivity contribution in [3.05, 3.63) is 66.0 Å². The number of anilines is 1. The Balaban J connectivity index is 1.67. The predicted molar refractivity (Wildman–Crippen MR) is 105 cm³/mol. The normalized spacial score (nSPS) is 11.0. The minimum atomic E-state index is -0.0877. The maximum atomic E-state index is 12.9. The van der Waals surface area contributed by atoms with E-state index >= 15 is 0 Å². The lowest BCUT2D eigenvalue weighted by Gasteiger charge is -2.09. The Morgan fingerprint density at radius 2 is 1.85 bits per heavy atom. The van der Waals surface area contributed by atoms with Crippen molar-refractivity contribution in [2.24, 2.45) is 0 Å². The van der Waals surface area contributed by atoms with Crippen LogP contribution in [0.3, 0.4) is 0 Å². The number of ether oxygens (including phenoxy) is 1. The number of fused-ring (bicyclic) bond motifs is 2. The Labute approximate surface area is 156 Å². The van der Waals surface area contributed by atoms with Crippen molar-refractivity contribution in [3.63, 3.8) is 0 Å². The van der Waals surface area contributed by atoms with Crippen LogP contribution < -0.4 is 10.5 Å². The first-order chi connectivity index (χ1) is 13.2. The number of ketones is 1. The number of methoxy groups -OCH3 is 1. The molecular weight excluding hydrogens is 340 g/mol. The number of nitrogens with two attached hydrogens (primary N) is 1. The average molecular weight is 358 g/mol. The van der Waals surface area contributed by atoms with Crippen molar-refractivity contribution in [3.8, 4) is 5.75 Å². The zero-order chi connectivity index (χ0) is 18.8. The Kier molecular flexibility index (Phi) is 4.38. The topological polar surface area (TPSA) is 91.0 Å². The Bertz CT molecular complexity index is 1150. The molecule has 0 fully saturated rings. The van der Waals surface area contributed by atoms with Gasteiger partial charge in [-0.05, 0) is 24.1 Å². The number of aryl methyl sites for hydroxylation is 1. The molecule has 2 heterocycles. The molecule has 2 aromatic heterocycles. The average Bonchev–Trinajstić information content (AvgIpc) is 2.70. The monoisotopic (exact) mass is 358 g/mol. The van der Waals surface area contributed by atoms with Crippen LogP contribution in [-0.4, -0.2) is 27.8 Å². The number of benzene rings is 2. The highest BCUT2D eigenvalue weighted by molar-refractivity contribution is 6.07. The molecule has 0 spiro atoms. The first-order valence-electron chi connectivity index (χ1n) is 8.63. The molecule has 0 bridgehead atoms. The Morgan fingerprint density at radius 1 is 1.04 bits per heavy atom. The van der Waals surface area contributed by atoms with Gasteiger partial charge in [0.05, 0.1) is 12.6 Å². The molecule has 0 saturated heterocycles. The van der Waals surface area contributed by atoms with Crippen LogP contribution in [-0.2, 0) is 6.42 Å². The van der Waals surface area contributed by atoms with E-state index < -0.39 is 0 Å². The molecule has 0 aliphatic heterocycles. The van der Waals surface area contributed by atoms with Crippen molar-refractivity contribution in [1.82, 2.24) is 15.0 Å². The maximum absolute atomic E-state index is 12.9. The lowest BCUT2D eigenvalue weighted by Crippen LogP contribution is -2.09. The number of carbonyl (C=O) groups is 1. The number of hydrogen-bond donors (Lipinski definition) is 1. The summed E-state index contributed by atoms with van der Waals surface area (Å²) in [5.74, 6) is 0.534. The molecule has 4 aromatic rings. The van der Waals surface area contributed by atoms with Crippen LogP contribution in [0.4, 0.5) is 5.95 Å². The number of aromatic nitrogens is 3. The molecule has 2 N–H and O–H groups in total. The lowest BCUT2D eigenvalue weighted by molar-refractivity contribution is 0.0980. The largest absolute Gasteiger partial charge is 0.494 e. The number of pyridine rings is 1. The summed E-state index contributed by atoms with van der Waals surface area (Å²) in [7, 11) is 1.56. The fraction of sp³-hybridized carbons (Fsp3) is 0.143. The highest BCUT2D eigenvalue weighted by atomic mass is 16.5. The molecule has 0 aliphatic carbocycles. The zero-order valence-corrected chi connectivity index (χ0v) is 14.8. The van der Waals surface area contributed by atoms with Gasteiger partial charge in [-0.1, -0.05) is 36.4 Å². The van der Waals surface area contributed by atoms with Crippen LogP contribution in [0, 0.1) is 0 Å². The zero-order valence-electron chi connectivity index (χ0n) is 14.8. The van der Waals surface area contributed by atoms with Gasteiger partial charge in [-0.3, -0.25) is 9.78 Å². The summed E-state index contributed by atoms with van der Waals surface area (Å²) < 4.78 is 5.33. The van der Waals surface area contributed by atoms with Crippen LogP contribution in [0.2, 0.25) is 0 Å². The third-order valence-corrected chi connectivity index (χ3v) is 4.53. The second kappa shape index (κ2) is 6.99. The van der Waals surface area contributed by atoms with Gasteiger partial charge >= 0.3 is 0 Å². The molecule has 6 heteroatoms. The standard InChI is InChI=1S/C21H18N4O2/c1-27-17-9-3-8-15-19(24-21(22)25-20(15)17)16(26)11-10-14-6-2-5-13-7-4-12-23-18(13)14/h2-9,12H,10-11H2,1H3,(H2,22,24,25). The van der Waals surface area contributed by atoms with Crippen LogP contribution in [0.15, 0.2) is 54.7 Å². The smallest absolute Gasteiger partial charge is 0.221 e. The van der Waals surface area contributed by atoms with E-state index in [2.05, 4.69) is 15.0 Å². The van der Waals surface area contributed by atoms with E-state index in [1.165, 1.54) is 0 Å². The number of rotatable bonds is 5. The molecule has 6 nitrogen and oxygen atoms in total. The lowest BCUT2D eigenvalue weighted by atomic mass is 10.0. The molecule has 4 rings (SSSR count). The summed E-state index contributed by atoms with van der Waals surface area (Å²) in [5.41, 5.74) is 8.65. The minimum Gasteiger partial charge on any atom is -0.494 e. The van der Waals surface area contributed by atoms with Gasteiger partial charge in [-0.25, -0.2) is 9.97 Å². The summed E-state index contributed by atoms with van der Waals surface area (Å²) in [4.78, 5) is 25.8. The van der Waals surface area contributed by atoms with Gasteiger partial charge in [0, 0.05) is 23.4 Å². The summed E-state index contributed by atoms with van der Waals surface area (Å²) in [6.07, 6.45) is 2.64. The van der Waals surface area contributed by atoms with Crippen molar-refractivity contribution in [2.45, 2.75) is 12.8 Å². The van der Waals surface area contributed by atoms with Crippen molar-refractivity contribution >= 4 is 33.5 Å². The maximum Gasteiger partial charge on any atom is 0.221 e. The third kappa shape index (κ3) is 3.17. The van der Waals surface area contributed by atoms with Gasteiger partial charge in [0.1, 0.15) is 17.0 Å². The molecule has 0 atom stereocenters. The number of carbonyl (C=O) groups excluding carboxylic acids is 1. The van der Waals surface area contributed by atoms with E-state index in [-0.39, 0.29) is 11.7 Å². The minimum absolute atomic E-state index is 0.0576. The molecule has 0 unspecified atom stereocenters. The molecule has 0 radical (unpaired) electrons. The highest BCUT2D eigenvalue weighted by Gasteiger charge is 2.17. The van der Waals surface area contributed by atoms with E-state index in [4.69, 9.17) is 10.5 Å². The first-order valence-corrected chi connectivity index (χ1v) is 8.63. The van der Waals surface area contributed by atoms with Crippen molar-refractivity contribution < 1.29 is 9.53 Å². The molecule has 27 heavy (non-hydrogen) atoms. The molecule has 0 aliphatic rings. The number of para-hydroxylation sites is 2. The van der Waals surface area contributed by atoms with E-state index in [9.17, 15) is 4.79 Å². The Hall–Kier alpha value is -3.54. The molecular formula is C21H18N4O2. The van der Waals surface area contributed by atoms with Crippen molar-refractivity contribution in [2.75, 3.05) is 12.8 Å². The molecule has 2 aromatic carbocycles. The molecule has 0 amide bonds. The number of nitrogens with zero attached hydrogens (tertiary/aromatic N) is 3. The quantitative estimate of drug-likeness (QED) is 0.548. The van der Waals surface area contributed by atoms with E-state index in [0.29, 0.717) is 35.2 Å². The number of hydrogen-bond acceptors (Lipinski definition) is 6. The fourth-order valence-electron chi connectivity index (χ4n) is 3.26. The van der Waals surface area contributed by atoms with Gasteiger partial charge in [0.25, 0.3) is 0 Å². The van der Waals surface area contributed by atoms with Crippen LogP contribution >= 0.6 is 0 Å². The van der Waals surface area contributed by atoms with Gasteiger partial charge in [0.15, 0.2) is 5.78 Å². The molecule has 0 saturated carbocycles. The van der Waals surface area contributed by atoms with E-state index in [1.807, 2.05) is 42.5 Å². The van der Waals surface area contributed by atoms with Crippen LogP contribution in [0.1, 0.15) is 22.5 Å². The highest BCUT2D eigenvalue weighted by Crippen LogP contribution is 2.27. The second-order valence-electron chi connectivity index (χ2n) is 6.20. The second-order valence-corrected chi connectivity index (χ2v) is 6.20. The Morgan fingerprint density at radius 3 is 2.70 bits per heavy atom. The number of Topliss-reactive ketones (excluding diaryl/α,β-unsaturated/α-hetero) is 1. The van der Waals surface area contributed by atoms with Gasteiger partial charge in [0.2, 0.25) is 5.95 Å². The van der Waals surface area contributed by atoms with Gasteiger partial charge < -0.3 is 10.5 Å². The van der Waals surface area contributed by atoms with Crippen LogP contribution in [0.5, 0.6) is 5.75 Å². The number of nitrogen functional groups attached to an aromatic ring is 1. The van der Waals surface area contributed by atoms with E-state index in [0.717, 1.165) is 16.5 Å². The fourth-order valence-corrected chi connectivity index (χ4v) is 3.26. The predicted octanol–water partition coefficient (Wildman–Crippen LogP) is 3.58. The SMILES string of the molecule is COc1cccc2c(C(=O)CCc3cccc4cccnc34)nc(N)nc12. The summed E-state index contributed by atoms with van der Waals surface area (Å²) in [5, 5.41) is 1.70. The first kappa shape index (κ1) is 16.9. The summed E-state index contributed by atoms with van der Waals surface area (Å²) in [6.45, 7) is 0. The van der Waals surface area contributed by atoms with Gasteiger partial charge in [-0.2, -0.15) is 0 Å². The summed E-state index contributed by atoms with van der Waals surface area (Å²) >= 11 is 0. The third-order valence-electron chi connectivity index (χ3n) is 4.53. The van der Waals surface area contributed by atoms with Crippen molar-refractivity contribution in [1.29, 1.82) is 0 Å². The van der Waals surface area contributed by atoms with E-state index in [1.54, 1.807) is 19.4 Å². The molecule has 134 valence electrons.